The smallest absolute Gasteiger partial charge is 0.251 e. The van der Waals surface area contributed by atoms with Crippen LogP contribution in [0.3, 0.4) is 0 Å². The van der Waals surface area contributed by atoms with Gasteiger partial charge in [0.1, 0.15) is 24.2 Å². The molecular weight excluding hydrogens is 322 g/mol. The van der Waals surface area contributed by atoms with Gasteiger partial charge < -0.3 is 14.8 Å². The monoisotopic (exact) mass is 341 g/mol. The molecule has 1 aliphatic rings. The predicted octanol–water partition coefficient (Wildman–Crippen LogP) is 1.28. The van der Waals surface area contributed by atoms with Crippen molar-refractivity contribution in [3.8, 4) is 11.5 Å². The lowest BCUT2D eigenvalue weighted by Crippen LogP contribution is -2.27. The predicted molar refractivity (Wildman–Crippen MR) is 91.0 cm³/mol. The first-order valence-corrected chi connectivity index (χ1v) is 8.16. The van der Waals surface area contributed by atoms with Crippen molar-refractivity contribution in [3.63, 3.8) is 0 Å². The van der Waals surface area contributed by atoms with Crippen molar-refractivity contribution < 1.29 is 14.3 Å². The van der Waals surface area contributed by atoms with E-state index in [9.17, 15) is 4.79 Å². The zero-order valence-electron chi connectivity index (χ0n) is 14.2. The summed E-state index contributed by atoms with van der Waals surface area (Å²) in [6.45, 7) is 4.03. The van der Waals surface area contributed by atoms with Crippen molar-refractivity contribution in [2.45, 2.75) is 13.5 Å². The van der Waals surface area contributed by atoms with E-state index in [1.165, 1.54) is 0 Å². The molecule has 0 spiro atoms. The van der Waals surface area contributed by atoms with Gasteiger partial charge in [0, 0.05) is 19.2 Å². The van der Waals surface area contributed by atoms with Gasteiger partial charge in [-0.2, -0.15) is 10.2 Å². The standard InChI is InChI=1S/C17H19N5O3/c1-11-16-13(21(2)20-11)10-19-22(16)6-5-18-17(23)12-3-4-14-15(9-12)25-8-7-24-14/h3-4,9-10H,5-8H2,1-2H3,(H,18,23). The van der Waals surface area contributed by atoms with Gasteiger partial charge in [0.05, 0.1) is 18.4 Å². The lowest BCUT2D eigenvalue weighted by atomic mass is 10.2. The summed E-state index contributed by atoms with van der Waals surface area (Å²) in [5.74, 6) is 1.13. The lowest BCUT2D eigenvalue weighted by Gasteiger charge is -2.18. The van der Waals surface area contributed by atoms with E-state index in [0.717, 1.165) is 16.7 Å². The maximum Gasteiger partial charge on any atom is 0.251 e. The third-order valence-electron chi connectivity index (χ3n) is 4.23. The van der Waals surface area contributed by atoms with Gasteiger partial charge >= 0.3 is 0 Å². The largest absolute Gasteiger partial charge is 0.486 e. The molecule has 3 heterocycles. The van der Waals surface area contributed by atoms with Crippen molar-refractivity contribution >= 4 is 16.9 Å². The van der Waals surface area contributed by atoms with Crippen molar-refractivity contribution in [1.29, 1.82) is 0 Å². The first-order valence-electron chi connectivity index (χ1n) is 8.16. The van der Waals surface area contributed by atoms with E-state index in [-0.39, 0.29) is 5.91 Å². The van der Waals surface area contributed by atoms with Crippen LogP contribution in [0.4, 0.5) is 0 Å². The molecule has 0 aliphatic carbocycles. The van der Waals surface area contributed by atoms with E-state index in [4.69, 9.17) is 9.47 Å². The third kappa shape index (κ3) is 2.79. The van der Waals surface area contributed by atoms with Gasteiger partial charge in [0.2, 0.25) is 0 Å². The number of ether oxygens (including phenoxy) is 2. The summed E-state index contributed by atoms with van der Waals surface area (Å²) < 4.78 is 14.6. The van der Waals surface area contributed by atoms with Crippen molar-refractivity contribution in [2.75, 3.05) is 19.8 Å². The molecule has 0 unspecified atom stereocenters. The molecule has 1 N–H and O–H groups in total. The highest BCUT2D eigenvalue weighted by molar-refractivity contribution is 5.94. The molecule has 0 bridgehead atoms. The van der Waals surface area contributed by atoms with Crippen LogP contribution in [0.1, 0.15) is 16.1 Å². The Kier molecular flexibility index (Phi) is 3.79. The van der Waals surface area contributed by atoms with Crippen LogP contribution in [0.15, 0.2) is 24.4 Å². The minimum Gasteiger partial charge on any atom is -0.486 e. The Morgan fingerprint density at radius 3 is 2.92 bits per heavy atom. The van der Waals surface area contributed by atoms with Gasteiger partial charge in [-0.05, 0) is 25.1 Å². The van der Waals surface area contributed by atoms with E-state index in [0.29, 0.717) is 43.4 Å². The number of hydrogen-bond acceptors (Lipinski definition) is 5. The fourth-order valence-electron chi connectivity index (χ4n) is 3.04. The van der Waals surface area contributed by atoms with Gasteiger partial charge in [-0.25, -0.2) is 0 Å². The summed E-state index contributed by atoms with van der Waals surface area (Å²) in [5, 5.41) is 11.7. The van der Waals surface area contributed by atoms with Crippen LogP contribution in [0.2, 0.25) is 0 Å². The van der Waals surface area contributed by atoms with Crippen LogP contribution < -0.4 is 14.8 Å². The molecular formula is C17H19N5O3. The van der Waals surface area contributed by atoms with Crippen LogP contribution in [-0.4, -0.2) is 45.2 Å². The maximum absolute atomic E-state index is 12.3. The third-order valence-corrected chi connectivity index (χ3v) is 4.23. The minimum absolute atomic E-state index is 0.150. The molecule has 1 aromatic carbocycles. The highest BCUT2D eigenvalue weighted by Crippen LogP contribution is 2.30. The summed E-state index contributed by atoms with van der Waals surface area (Å²) in [6.07, 6.45) is 1.79. The highest BCUT2D eigenvalue weighted by atomic mass is 16.6. The molecule has 0 fully saturated rings. The Balaban J connectivity index is 1.42. The second-order valence-corrected chi connectivity index (χ2v) is 5.92. The number of fused-ring (bicyclic) bond motifs is 2. The van der Waals surface area contributed by atoms with E-state index in [2.05, 4.69) is 15.5 Å². The van der Waals surface area contributed by atoms with E-state index in [1.807, 2.05) is 23.3 Å². The average Bonchev–Trinajstić information content (AvgIpc) is 3.16. The zero-order valence-corrected chi connectivity index (χ0v) is 14.2. The van der Waals surface area contributed by atoms with Crippen LogP contribution in [0.25, 0.3) is 11.0 Å². The molecule has 1 aliphatic heterocycles. The SMILES string of the molecule is Cc1nn(C)c2cnn(CCNC(=O)c3ccc4c(c3)OCCO4)c12. The fraction of sp³-hybridized carbons (Fsp3) is 0.353. The van der Waals surface area contributed by atoms with Crippen molar-refractivity contribution in [2.24, 2.45) is 7.05 Å². The molecule has 0 saturated heterocycles. The van der Waals surface area contributed by atoms with Crippen LogP contribution in [0.5, 0.6) is 11.5 Å². The second kappa shape index (κ2) is 6.12. The molecule has 2 aromatic heterocycles. The number of carbonyl (C=O) groups is 1. The molecule has 8 nitrogen and oxygen atoms in total. The second-order valence-electron chi connectivity index (χ2n) is 5.92. The number of amides is 1. The van der Waals surface area contributed by atoms with Crippen molar-refractivity contribution in [1.82, 2.24) is 24.9 Å². The number of nitrogens with one attached hydrogen (secondary N) is 1. The van der Waals surface area contributed by atoms with Gasteiger partial charge in [-0.1, -0.05) is 0 Å². The Hall–Kier alpha value is -3.03. The number of benzene rings is 1. The number of nitrogens with zero attached hydrogens (tertiary/aromatic N) is 4. The van der Waals surface area contributed by atoms with Gasteiger partial charge in [0.25, 0.3) is 5.91 Å². The van der Waals surface area contributed by atoms with Gasteiger partial charge in [0.15, 0.2) is 11.5 Å². The minimum atomic E-state index is -0.150. The Morgan fingerprint density at radius 2 is 2.08 bits per heavy atom. The first kappa shape index (κ1) is 15.5. The molecule has 0 radical (unpaired) electrons. The van der Waals surface area contributed by atoms with E-state index >= 15 is 0 Å². The highest BCUT2D eigenvalue weighted by Gasteiger charge is 2.15. The normalized spacial score (nSPS) is 13.2. The van der Waals surface area contributed by atoms with Crippen LogP contribution >= 0.6 is 0 Å². The average molecular weight is 341 g/mol. The number of aryl methyl sites for hydroxylation is 2. The molecule has 0 saturated carbocycles. The summed E-state index contributed by atoms with van der Waals surface area (Å²) in [4.78, 5) is 12.3. The van der Waals surface area contributed by atoms with Crippen LogP contribution in [-0.2, 0) is 13.6 Å². The first-order chi connectivity index (χ1) is 12.1. The molecule has 25 heavy (non-hydrogen) atoms. The topological polar surface area (TPSA) is 83.2 Å². The maximum atomic E-state index is 12.3. The Morgan fingerprint density at radius 1 is 1.28 bits per heavy atom. The van der Waals surface area contributed by atoms with Crippen molar-refractivity contribution in [3.05, 3.63) is 35.7 Å². The molecule has 4 rings (SSSR count). The Bertz CT molecular complexity index is 943. The number of aromatic nitrogens is 4. The van der Waals surface area contributed by atoms with E-state index < -0.39 is 0 Å². The summed E-state index contributed by atoms with van der Waals surface area (Å²) in [7, 11) is 1.89. The quantitative estimate of drug-likeness (QED) is 0.773. The van der Waals surface area contributed by atoms with Crippen LogP contribution in [0, 0.1) is 6.92 Å². The molecule has 8 heteroatoms. The number of carbonyl (C=O) groups excluding carboxylic acids is 1. The van der Waals surface area contributed by atoms with E-state index in [1.54, 1.807) is 24.4 Å². The zero-order chi connectivity index (χ0) is 17.4. The number of rotatable bonds is 4. The molecule has 130 valence electrons. The van der Waals surface area contributed by atoms with Gasteiger partial charge in [-0.15, -0.1) is 0 Å². The van der Waals surface area contributed by atoms with Gasteiger partial charge in [-0.3, -0.25) is 14.2 Å². The summed E-state index contributed by atoms with van der Waals surface area (Å²) in [5.41, 5.74) is 3.45. The number of hydrogen-bond donors (Lipinski definition) is 1. The summed E-state index contributed by atoms with van der Waals surface area (Å²) >= 11 is 0. The molecule has 3 aromatic rings. The molecule has 1 amide bonds. The lowest BCUT2D eigenvalue weighted by molar-refractivity contribution is 0.0951. The molecule has 0 atom stereocenters. The fourth-order valence-corrected chi connectivity index (χ4v) is 3.04. The Labute approximate surface area is 144 Å². The summed E-state index contributed by atoms with van der Waals surface area (Å²) in [6, 6.07) is 5.21.